The van der Waals surface area contributed by atoms with Gasteiger partial charge in [0.1, 0.15) is 23.9 Å². The topological polar surface area (TPSA) is 75.2 Å². The summed E-state index contributed by atoms with van der Waals surface area (Å²) >= 11 is 0. The van der Waals surface area contributed by atoms with Crippen molar-refractivity contribution in [3.8, 4) is 11.3 Å². The normalized spacial score (nSPS) is 32.5. The van der Waals surface area contributed by atoms with Crippen LogP contribution in [0.15, 0.2) is 36.5 Å². The summed E-state index contributed by atoms with van der Waals surface area (Å²) in [6.45, 7) is 1.12. The molecule has 104 valence electrons. The number of rotatable bonds is 2. The van der Waals surface area contributed by atoms with Crippen LogP contribution in [0.1, 0.15) is 6.04 Å². The standard InChI is InChI=1S/C14H16N4O2/c15-10-7-19-14-12(8-20-13(10)14)18-6-11(16-17-18)9-4-2-1-3-5-9/h1-6,10,12-14H,7-8,15H2/t10-,12+,13-,14+/m0/s1. The van der Waals surface area contributed by atoms with Gasteiger partial charge in [0.15, 0.2) is 0 Å². The molecule has 0 aliphatic carbocycles. The first kappa shape index (κ1) is 12.0. The smallest absolute Gasteiger partial charge is 0.113 e. The molecule has 6 heteroatoms. The number of hydrogen-bond acceptors (Lipinski definition) is 5. The van der Waals surface area contributed by atoms with Crippen LogP contribution >= 0.6 is 0 Å². The Labute approximate surface area is 116 Å². The molecule has 2 fully saturated rings. The van der Waals surface area contributed by atoms with E-state index in [1.807, 2.05) is 41.2 Å². The first-order chi connectivity index (χ1) is 9.83. The summed E-state index contributed by atoms with van der Waals surface area (Å²) in [5.74, 6) is 0. The molecule has 4 atom stereocenters. The highest BCUT2D eigenvalue weighted by Crippen LogP contribution is 2.33. The minimum absolute atomic E-state index is 0.0182. The van der Waals surface area contributed by atoms with Crippen LogP contribution in [0, 0.1) is 0 Å². The Morgan fingerprint density at radius 2 is 1.90 bits per heavy atom. The van der Waals surface area contributed by atoms with Crippen molar-refractivity contribution in [3.05, 3.63) is 36.5 Å². The van der Waals surface area contributed by atoms with E-state index in [9.17, 15) is 0 Å². The van der Waals surface area contributed by atoms with Gasteiger partial charge >= 0.3 is 0 Å². The van der Waals surface area contributed by atoms with E-state index in [4.69, 9.17) is 15.2 Å². The number of aromatic nitrogens is 3. The fourth-order valence-electron chi connectivity index (χ4n) is 2.92. The predicted molar refractivity (Wildman–Crippen MR) is 72.0 cm³/mol. The third-order valence-corrected chi connectivity index (χ3v) is 3.99. The Hall–Kier alpha value is -1.76. The Morgan fingerprint density at radius 3 is 2.75 bits per heavy atom. The lowest BCUT2D eigenvalue weighted by atomic mass is 10.1. The zero-order valence-electron chi connectivity index (χ0n) is 10.9. The van der Waals surface area contributed by atoms with Crippen molar-refractivity contribution in [2.45, 2.75) is 24.3 Å². The second-order valence-electron chi connectivity index (χ2n) is 5.28. The molecule has 2 aliphatic heterocycles. The molecule has 6 nitrogen and oxygen atoms in total. The summed E-state index contributed by atoms with van der Waals surface area (Å²) in [4.78, 5) is 0. The molecule has 3 heterocycles. The minimum Gasteiger partial charge on any atom is -0.371 e. The van der Waals surface area contributed by atoms with Gasteiger partial charge in [0.2, 0.25) is 0 Å². The summed E-state index contributed by atoms with van der Waals surface area (Å²) in [6.07, 6.45) is 1.90. The van der Waals surface area contributed by atoms with Crippen LogP contribution in [0.4, 0.5) is 0 Å². The number of fused-ring (bicyclic) bond motifs is 1. The van der Waals surface area contributed by atoms with Crippen molar-refractivity contribution < 1.29 is 9.47 Å². The average Bonchev–Trinajstić information content (AvgIpc) is 3.18. The van der Waals surface area contributed by atoms with Gasteiger partial charge in [-0.3, -0.25) is 0 Å². The molecule has 2 saturated heterocycles. The van der Waals surface area contributed by atoms with Gasteiger partial charge in [0.25, 0.3) is 0 Å². The zero-order valence-corrected chi connectivity index (χ0v) is 10.9. The maximum absolute atomic E-state index is 5.96. The largest absolute Gasteiger partial charge is 0.371 e. The Bertz CT molecular complexity index is 600. The number of hydrogen-bond donors (Lipinski definition) is 1. The lowest BCUT2D eigenvalue weighted by Gasteiger charge is -2.15. The van der Waals surface area contributed by atoms with Gasteiger partial charge in [-0.15, -0.1) is 5.10 Å². The zero-order chi connectivity index (χ0) is 13.5. The van der Waals surface area contributed by atoms with Gasteiger partial charge in [-0.05, 0) is 0 Å². The van der Waals surface area contributed by atoms with E-state index in [0.717, 1.165) is 11.3 Å². The van der Waals surface area contributed by atoms with E-state index in [2.05, 4.69) is 10.3 Å². The molecule has 1 aromatic heterocycles. The average molecular weight is 272 g/mol. The van der Waals surface area contributed by atoms with Crippen LogP contribution in [0.2, 0.25) is 0 Å². The van der Waals surface area contributed by atoms with Crippen LogP contribution in [-0.2, 0) is 9.47 Å². The van der Waals surface area contributed by atoms with Crippen LogP contribution in [0.3, 0.4) is 0 Å². The van der Waals surface area contributed by atoms with Crippen molar-refractivity contribution in [2.24, 2.45) is 5.73 Å². The first-order valence-electron chi connectivity index (χ1n) is 6.79. The van der Waals surface area contributed by atoms with E-state index < -0.39 is 0 Å². The van der Waals surface area contributed by atoms with Crippen molar-refractivity contribution in [1.82, 2.24) is 15.0 Å². The van der Waals surface area contributed by atoms with Crippen molar-refractivity contribution >= 4 is 0 Å². The lowest BCUT2D eigenvalue weighted by Crippen LogP contribution is -2.36. The van der Waals surface area contributed by atoms with E-state index in [0.29, 0.717) is 13.2 Å². The number of benzene rings is 1. The molecule has 0 radical (unpaired) electrons. The summed E-state index contributed by atoms with van der Waals surface area (Å²) in [7, 11) is 0. The third-order valence-electron chi connectivity index (χ3n) is 3.99. The lowest BCUT2D eigenvalue weighted by molar-refractivity contribution is 0.0627. The Balaban J connectivity index is 1.60. The highest BCUT2D eigenvalue weighted by molar-refractivity contribution is 5.57. The number of nitrogens with zero attached hydrogens (tertiary/aromatic N) is 3. The summed E-state index contributed by atoms with van der Waals surface area (Å²) in [6, 6.07) is 10.0. The fraction of sp³-hybridized carbons (Fsp3) is 0.429. The molecule has 20 heavy (non-hydrogen) atoms. The van der Waals surface area contributed by atoms with Gasteiger partial charge in [0, 0.05) is 5.56 Å². The summed E-state index contributed by atoms with van der Waals surface area (Å²) in [5.41, 5.74) is 7.87. The second-order valence-corrected chi connectivity index (χ2v) is 5.28. The van der Waals surface area contributed by atoms with Crippen molar-refractivity contribution in [2.75, 3.05) is 13.2 Å². The van der Waals surface area contributed by atoms with Gasteiger partial charge in [-0.25, -0.2) is 4.68 Å². The van der Waals surface area contributed by atoms with Crippen LogP contribution < -0.4 is 5.73 Å². The molecule has 0 unspecified atom stereocenters. The van der Waals surface area contributed by atoms with Crippen molar-refractivity contribution in [1.29, 1.82) is 0 Å². The van der Waals surface area contributed by atoms with Crippen LogP contribution in [0.5, 0.6) is 0 Å². The summed E-state index contributed by atoms with van der Waals surface area (Å²) < 4.78 is 13.3. The molecule has 4 rings (SSSR count). The second kappa shape index (κ2) is 4.66. The molecule has 1 aromatic carbocycles. The highest BCUT2D eigenvalue weighted by atomic mass is 16.6. The highest BCUT2D eigenvalue weighted by Gasteiger charge is 2.47. The SMILES string of the molecule is N[C@H]1CO[C@H]2[C@H]1OC[C@H]2n1cc(-c2ccccc2)nn1. The Kier molecular flexibility index (Phi) is 2.80. The molecular formula is C14H16N4O2. The number of ether oxygens (including phenoxy) is 2. The van der Waals surface area contributed by atoms with E-state index >= 15 is 0 Å². The fourth-order valence-corrected chi connectivity index (χ4v) is 2.92. The van der Waals surface area contributed by atoms with Gasteiger partial charge in [-0.2, -0.15) is 0 Å². The van der Waals surface area contributed by atoms with Crippen molar-refractivity contribution in [3.63, 3.8) is 0 Å². The molecule has 0 spiro atoms. The van der Waals surface area contributed by atoms with Gasteiger partial charge in [-0.1, -0.05) is 35.5 Å². The maximum atomic E-state index is 5.96. The predicted octanol–water partition coefficient (Wildman–Crippen LogP) is 0.611. The van der Waals surface area contributed by atoms with Crippen LogP contribution in [-0.4, -0.2) is 46.5 Å². The number of nitrogens with two attached hydrogens (primary N) is 1. The molecule has 0 amide bonds. The molecule has 0 saturated carbocycles. The molecule has 2 N–H and O–H groups in total. The molecule has 2 aromatic rings. The summed E-state index contributed by atoms with van der Waals surface area (Å²) in [5, 5.41) is 8.46. The monoisotopic (exact) mass is 272 g/mol. The minimum atomic E-state index is -0.0397. The van der Waals surface area contributed by atoms with E-state index in [1.165, 1.54) is 0 Å². The van der Waals surface area contributed by atoms with Gasteiger partial charge < -0.3 is 15.2 Å². The third kappa shape index (κ3) is 1.84. The molecule has 2 aliphatic rings. The molecular weight excluding hydrogens is 256 g/mol. The van der Waals surface area contributed by atoms with E-state index in [1.54, 1.807) is 0 Å². The molecule has 0 bridgehead atoms. The quantitative estimate of drug-likeness (QED) is 0.867. The first-order valence-corrected chi connectivity index (χ1v) is 6.79. The van der Waals surface area contributed by atoms with Gasteiger partial charge in [0.05, 0.1) is 25.5 Å². The van der Waals surface area contributed by atoms with E-state index in [-0.39, 0.29) is 24.3 Å². The van der Waals surface area contributed by atoms with Crippen LogP contribution in [0.25, 0.3) is 11.3 Å². The maximum Gasteiger partial charge on any atom is 0.113 e. The Morgan fingerprint density at radius 1 is 1.10 bits per heavy atom.